The smallest absolute Gasteiger partial charge is 0.326 e. The number of urea groups is 1. The summed E-state index contributed by atoms with van der Waals surface area (Å²) in [4.78, 5) is 33.7. The van der Waals surface area contributed by atoms with E-state index in [9.17, 15) is 14.4 Å². The number of carboxylic acids is 1. The molecule has 0 aliphatic carbocycles. The summed E-state index contributed by atoms with van der Waals surface area (Å²) in [6.07, 6.45) is 2.87. The van der Waals surface area contributed by atoms with Crippen LogP contribution in [0.2, 0.25) is 0 Å². The van der Waals surface area contributed by atoms with E-state index < -0.39 is 24.1 Å². The third kappa shape index (κ3) is 4.08. The molecule has 18 heavy (non-hydrogen) atoms. The number of hydrogen-bond acceptors (Lipinski definition) is 3. The van der Waals surface area contributed by atoms with E-state index in [0.717, 1.165) is 6.42 Å². The van der Waals surface area contributed by atoms with Gasteiger partial charge < -0.3 is 21.1 Å². The Bertz CT molecular complexity index is 356. The van der Waals surface area contributed by atoms with Crippen LogP contribution in [-0.2, 0) is 9.59 Å². The third-order valence-corrected chi connectivity index (χ3v) is 2.60. The third-order valence-electron chi connectivity index (χ3n) is 2.60. The Labute approximate surface area is 105 Å². The number of hydrogen-bond donors (Lipinski definition) is 4. The average Bonchev–Trinajstić information content (AvgIpc) is 2.31. The lowest BCUT2D eigenvalue weighted by Crippen LogP contribution is -2.55. The molecule has 0 spiro atoms. The molecule has 3 amide bonds. The van der Waals surface area contributed by atoms with Gasteiger partial charge in [0.25, 0.3) is 0 Å². The highest BCUT2D eigenvalue weighted by Crippen LogP contribution is 2.02. The molecule has 0 aromatic heterocycles. The zero-order valence-electron chi connectivity index (χ0n) is 9.94. The van der Waals surface area contributed by atoms with Gasteiger partial charge >= 0.3 is 12.0 Å². The second kappa shape index (κ2) is 6.63. The van der Waals surface area contributed by atoms with Gasteiger partial charge in [0, 0.05) is 6.54 Å². The molecule has 0 saturated carbocycles. The topological polar surface area (TPSA) is 108 Å². The van der Waals surface area contributed by atoms with Crippen LogP contribution in [0.3, 0.4) is 0 Å². The van der Waals surface area contributed by atoms with Crippen molar-refractivity contribution in [3.8, 4) is 0 Å². The van der Waals surface area contributed by atoms with Crippen molar-refractivity contribution in [3.05, 3.63) is 12.7 Å². The van der Waals surface area contributed by atoms with Crippen molar-refractivity contribution in [1.29, 1.82) is 0 Å². The predicted octanol–water partition coefficient (Wildman–Crippen LogP) is -0.406. The van der Waals surface area contributed by atoms with Crippen LogP contribution in [-0.4, -0.2) is 41.6 Å². The van der Waals surface area contributed by atoms with E-state index in [2.05, 4.69) is 22.5 Å². The zero-order valence-corrected chi connectivity index (χ0v) is 9.94. The molecule has 2 unspecified atom stereocenters. The van der Waals surface area contributed by atoms with Gasteiger partial charge in [0.1, 0.15) is 12.1 Å². The molecule has 0 aromatic rings. The monoisotopic (exact) mass is 255 g/mol. The van der Waals surface area contributed by atoms with Gasteiger partial charge in [-0.1, -0.05) is 6.08 Å². The molecule has 7 nitrogen and oxygen atoms in total. The maximum absolute atomic E-state index is 11.5. The number of amides is 3. The molecule has 1 rings (SSSR count). The van der Waals surface area contributed by atoms with E-state index in [1.54, 1.807) is 0 Å². The van der Waals surface area contributed by atoms with Crippen molar-refractivity contribution >= 4 is 17.9 Å². The molecule has 0 bridgehead atoms. The summed E-state index contributed by atoms with van der Waals surface area (Å²) in [5.41, 5.74) is 0. The van der Waals surface area contributed by atoms with E-state index >= 15 is 0 Å². The summed E-state index contributed by atoms with van der Waals surface area (Å²) in [6.45, 7) is 4.02. The molecule has 1 fully saturated rings. The largest absolute Gasteiger partial charge is 0.480 e. The van der Waals surface area contributed by atoms with Gasteiger partial charge in [0.15, 0.2) is 0 Å². The summed E-state index contributed by atoms with van der Waals surface area (Å²) in [5.74, 6) is -1.38. The fourth-order valence-electron chi connectivity index (χ4n) is 1.66. The predicted molar refractivity (Wildman–Crippen MR) is 63.9 cm³/mol. The molecule has 7 heteroatoms. The first-order valence-corrected chi connectivity index (χ1v) is 5.73. The molecular weight excluding hydrogens is 238 g/mol. The van der Waals surface area contributed by atoms with Crippen LogP contribution < -0.4 is 16.0 Å². The first-order chi connectivity index (χ1) is 8.54. The van der Waals surface area contributed by atoms with Gasteiger partial charge in [-0.05, 0) is 19.3 Å². The molecule has 1 aliphatic rings. The first kappa shape index (κ1) is 14.0. The SMILES string of the molecule is C=CCC(NC(=O)NC1CCCNC1=O)C(=O)O. The molecule has 1 saturated heterocycles. The van der Waals surface area contributed by atoms with Crippen LogP contribution in [0.1, 0.15) is 19.3 Å². The minimum Gasteiger partial charge on any atom is -0.480 e. The van der Waals surface area contributed by atoms with Crippen molar-refractivity contribution in [1.82, 2.24) is 16.0 Å². The molecule has 0 radical (unpaired) electrons. The van der Waals surface area contributed by atoms with Crippen LogP contribution >= 0.6 is 0 Å². The number of carbonyl (C=O) groups excluding carboxylic acids is 2. The normalized spacial score (nSPS) is 20.4. The number of aliphatic carboxylic acids is 1. The van der Waals surface area contributed by atoms with Gasteiger partial charge in [-0.15, -0.1) is 6.58 Å². The molecule has 2 atom stereocenters. The minimum absolute atomic E-state index is 0.125. The second-order valence-corrected chi connectivity index (χ2v) is 4.02. The standard InChI is InChI=1S/C11H17N3O4/c1-2-4-8(10(16)17)14-11(18)13-7-5-3-6-12-9(7)15/h2,7-8H,1,3-6H2,(H,12,15)(H,16,17)(H2,13,14,18). The molecule has 100 valence electrons. The second-order valence-electron chi connectivity index (χ2n) is 4.02. The van der Waals surface area contributed by atoms with Crippen LogP contribution in [0.4, 0.5) is 4.79 Å². The van der Waals surface area contributed by atoms with Crippen molar-refractivity contribution in [2.24, 2.45) is 0 Å². The van der Waals surface area contributed by atoms with Crippen LogP contribution in [0.15, 0.2) is 12.7 Å². The highest BCUT2D eigenvalue weighted by atomic mass is 16.4. The van der Waals surface area contributed by atoms with Crippen molar-refractivity contribution in [2.45, 2.75) is 31.3 Å². The van der Waals surface area contributed by atoms with E-state index in [4.69, 9.17) is 5.11 Å². The quantitative estimate of drug-likeness (QED) is 0.501. The van der Waals surface area contributed by atoms with Crippen molar-refractivity contribution in [2.75, 3.05) is 6.54 Å². The summed E-state index contributed by atoms with van der Waals surface area (Å²) in [5, 5.41) is 16.2. The van der Waals surface area contributed by atoms with Crippen molar-refractivity contribution < 1.29 is 19.5 Å². The van der Waals surface area contributed by atoms with E-state index in [1.165, 1.54) is 6.08 Å². The van der Waals surface area contributed by atoms with Gasteiger partial charge in [0.05, 0.1) is 0 Å². The lowest BCUT2D eigenvalue weighted by atomic mass is 10.1. The lowest BCUT2D eigenvalue weighted by molar-refractivity contribution is -0.139. The number of rotatable bonds is 5. The fraction of sp³-hybridized carbons (Fsp3) is 0.545. The Morgan fingerprint density at radius 1 is 1.61 bits per heavy atom. The summed E-state index contributed by atoms with van der Waals surface area (Å²) < 4.78 is 0. The van der Waals surface area contributed by atoms with E-state index in [0.29, 0.717) is 13.0 Å². The van der Waals surface area contributed by atoms with E-state index in [1.807, 2.05) is 0 Å². The number of piperidine rings is 1. The van der Waals surface area contributed by atoms with Gasteiger partial charge in [-0.2, -0.15) is 0 Å². The number of carboxylic acid groups (broad SMARTS) is 1. The average molecular weight is 255 g/mol. The molecular formula is C11H17N3O4. The fourth-order valence-corrected chi connectivity index (χ4v) is 1.66. The summed E-state index contributed by atoms with van der Waals surface area (Å²) >= 11 is 0. The Morgan fingerprint density at radius 3 is 2.89 bits per heavy atom. The molecule has 1 aliphatic heterocycles. The maximum atomic E-state index is 11.5. The Morgan fingerprint density at radius 2 is 2.33 bits per heavy atom. The number of nitrogens with one attached hydrogen (secondary N) is 3. The Hall–Kier alpha value is -2.05. The lowest BCUT2D eigenvalue weighted by Gasteiger charge is -2.23. The molecule has 4 N–H and O–H groups in total. The maximum Gasteiger partial charge on any atom is 0.326 e. The minimum atomic E-state index is -1.14. The van der Waals surface area contributed by atoms with Gasteiger partial charge in [-0.25, -0.2) is 9.59 Å². The van der Waals surface area contributed by atoms with Crippen LogP contribution in [0, 0.1) is 0 Å². The highest BCUT2D eigenvalue weighted by Gasteiger charge is 2.25. The molecule has 0 aromatic carbocycles. The van der Waals surface area contributed by atoms with E-state index in [-0.39, 0.29) is 12.3 Å². The van der Waals surface area contributed by atoms with Gasteiger partial charge in [0.2, 0.25) is 5.91 Å². The Balaban J connectivity index is 2.46. The van der Waals surface area contributed by atoms with Gasteiger partial charge in [-0.3, -0.25) is 4.79 Å². The van der Waals surface area contributed by atoms with Crippen molar-refractivity contribution in [3.63, 3.8) is 0 Å². The zero-order chi connectivity index (χ0) is 13.5. The van der Waals surface area contributed by atoms with Crippen LogP contribution in [0.5, 0.6) is 0 Å². The highest BCUT2D eigenvalue weighted by molar-refractivity contribution is 5.89. The van der Waals surface area contributed by atoms with Crippen LogP contribution in [0.25, 0.3) is 0 Å². The number of carbonyl (C=O) groups is 3. The molecule has 1 heterocycles. The Kier molecular flexibility index (Phi) is 5.16. The first-order valence-electron chi connectivity index (χ1n) is 5.73. The summed E-state index contributed by atoms with van der Waals surface area (Å²) in [6, 6.07) is -2.29. The summed E-state index contributed by atoms with van der Waals surface area (Å²) in [7, 11) is 0.